The molecule has 2 heterocycles. The lowest BCUT2D eigenvalue weighted by Gasteiger charge is -2.03. The van der Waals surface area contributed by atoms with E-state index in [1.54, 1.807) is 0 Å². The largest absolute Gasteiger partial charge is 0.710 e. The Morgan fingerprint density at radius 2 is 2.25 bits per heavy atom. The van der Waals surface area contributed by atoms with E-state index in [9.17, 15) is 14.8 Å². The summed E-state index contributed by atoms with van der Waals surface area (Å²) in [5.74, 6) is -2.36. The van der Waals surface area contributed by atoms with Crippen molar-refractivity contribution in [3.63, 3.8) is 0 Å². The normalized spacial score (nSPS) is 10.7. The minimum Gasteiger partial charge on any atom is -0.710 e. The Balaban J connectivity index is 2.54. The summed E-state index contributed by atoms with van der Waals surface area (Å²) >= 11 is 0.978. The molecule has 2 aromatic heterocycles. The van der Waals surface area contributed by atoms with Gasteiger partial charge in [-0.25, -0.2) is 19.1 Å². The Bertz CT molecular complexity index is 699. The summed E-state index contributed by atoms with van der Waals surface area (Å²) < 4.78 is 5.90. The van der Waals surface area contributed by atoms with Crippen molar-refractivity contribution in [2.24, 2.45) is 7.05 Å². The van der Waals surface area contributed by atoms with Crippen molar-refractivity contribution < 1.29 is 24.2 Å². The standard InChI is InChI=1S/C10H10N4O5S/c1-13-7-6(14(18)9(13)10(16)17)8(12-4-11-7)20-3-5(15)19-2/h4H,3H2,1-2H3,(H,16,17). The summed E-state index contributed by atoms with van der Waals surface area (Å²) in [4.78, 5) is 30.0. The lowest BCUT2D eigenvalue weighted by molar-refractivity contribution is -0.582. The van der Waals surface area contributed by atoms with E-state index in [1.165, 1.54) is 20.5 Å². The summed E-state index contributed by atoms with van der Waals surface area (Å²) in [6, 6.07) is 0. The van der Waals surface area contributed by atoms with Gasteiger partial charge in [0.05, 0.1) is 19.9 Å². The third-order valence-electron chi connectivity index (χ3n) is 2.55. The fraction of sp³-hybridized carbons (Fsp3) is 0.300. The zero-order chi connectivity index (χ0) is 14.9. The van der Waals surface area contributed by atoms with E-state index in [4.69, 9.17) is 5.11 Å². The summed E-state index contributed by atoms with van der Waals surface area (Å²) in [6.45, 7) is 0. The van der Waals surface area contributed by atoms with Crippen LogP contribution in [0.4, 0.5) is 0 Å². The van der Waals surface area contributed by atoms with Gasteiger partial charge in [0.15, 0.2) is 5.03 Å². The third kappa shape index (κ3) is 2.25. The van der Waals surface area contributed by atoms with Crippen molar-refractivity contribution in [3.8, 4) is 0 Å². The van der Waals surface area contributed by atoms with Gasteiger partial charge in [-0.1, -0.05) is 11.8 Å². The molecule has 0 unspecified atom stereocenters. The molecule has 0 atom stereocenters. The molecule has 0 bridgehead atoms. The summed E-state index contributed by atoms with van der Waals surface area (Å²) in [5, 5.41) is 21.3. The highest BCUT2D eigenvalue weighted by atomic mass is 32.2. The molecule has 0 aliphatic carbocycles. The highest BCUT2D eigenvalue weighted by Gasteiger charge is 2.28. The fourth-order valence-electron chi connectivity index (χ4n) is 1.64. The first-order valence-corrected chi connectivity index (χ1v) is 6.31. The molecule has 10 heteroatoms. The second-order valence-electron chi connectivity index (χ2n) is 3.70. The number of thioether (sulfide) groups is 1. The predicted molar refractivity (Wildman–Crippen MR) is 67.2 cm³/mol. The van der Waals surface area contributed by atoms with Crippen LogP contribution in [0.15, 0.2) is 11.4 Å². The van der Waals surface area contributed by atoms with Crippen molar-refractivity contribution in [3.05, 3.63) is 17.4 Å². The summed E-state index contributed by atoms with van der Waals surface area (Å²) in [5.41, 5.74) is 0.195. The number of nitrogens with zero attached hydrogens (tertiary/aromatic N) is 4. The monoisotopic (exact) mass is 298 g/mol. The Hall–Kier alpha value is -2.36. The van der Waals surface area contributed by atoms with Gasteiger partial charge in [-0.3, -0.25) is 4.79 Å². The maximum atomic E-state index is 12.0. The number of rotatable bonds is 4. The fourth-order valence-corrected chi connectivity index (χ4v) is 2.45. The van der Waals surface area contributed by atoms with Crippen LogP contribution < -0.4 is 4.73 Å². The average molecular weight is 298 g/mol. The van der Waals surface area contributed by atoms with Crippen LogP contribution in [0, 0.1) is 5.21 Å². The molecule has 0 radical (unpaired) electrons. The average Bonchev–Trinajstić information content (AvgIpc) is 2.68. The van der Waals surface area contributed by atoms with E-state index in [1.807, 2.05) is 0 Å². The molecule has 0 fully saturated rings. The van der Waals surface area contributed by atoms with E-state index >= 15 is 0 Å². The number of carboxylic acid groups (broad SMARTS) is 1. The van der Waals surface area contributed by atoms with Crippen LogP contribution in [-0.2, 0) is 16.6 Å². The Morgan fingerprint density at radius 1 is 1.55 bits per heavy atom. The van der Waals surface area contributed by atoms with Crippen LogP contribution in [0.1, 0.15) is 10.6 Å². The molecular weight excluding hydrogens is 288 g/mol. The number of aryl methyl sites for hydroxylation is 1. The van der Waals surface area contributed by atoms with Gasteiger partial charge in [0.1, 0.15) is 6.33 Å². The number of aromatic carboxylic acids is 1. The van der Waals surface area contributed by atoms with Gasteiger partial charge in [-0.05, 0) is 0 Å². The van der Waals surface area contributed by atoms with Gasteiger partial charge in [0.2, 0.25) is 5.52 Å². The topological polar surface area (TPSA) is 121 Å². The van der Waals surface area contributed by atoms with Crippen molar-refractivity contribution in [2.45, 2.75) is 5.03 Å². The lowest BCUT2D eigenvalue weighted by Crippen LogP contribution is -2.34. The zero-order valence-corrected chi connectivity index (χ0v) is 11.4. The van der Waals surface area contributed by atoms with Gasteiger partial charge < -0.3 is 15.1 Å². The smallest absolute Gasteiger partial charge is 0.420 e. The van der Waals surface area contributed by atoms with Crippen LogP contribution in [0.3, 0.4) is 0 Å². The predicted octanol–water partition coefficient (Wildman–Crippen LogP) is -0.435. The van der Waals surface area contributed by atoms with Gasteiger partial charge >= 0.3 is 17.8 Å². The number of hydrogen-bond acceptors (Lipinski definition) is 7. The number of esters is 1. The summed E-state index contributed by atoms with van der Waals surface area (Å²) in [7, 11) is 2.67. The van der Waals surface area contributed by atoms with E-state index in [0.717, 1.165) is 16.3 Å². The van der Waals surface area contributed by atoms with E-state index in [0.29, 0.717) is 0 Å². The van der Waals surface area contributed by atoms with Gasteiger partial charge in [-0.15, -0.1) is 0 Å². The maximum Gasteiger partial charge on any atom is 0.420 e. The second-order valence-corrected chi connectivity index (χ2v) is 4.66. The van der Waals surface area contributed by atoms with Gasteiger partial charge in [-0.2, -0.15) is 4.98 Å². The Labute approximate surface area is 116 Å². The van der Waals surface area contributed by atoms with E-state index in [2.05, 4.69) is 14.7 Å². The minimum atomic E-state index is -1.37. The van der Waals surface area contributed by atoms with Crippen LogP contribution in [-0.4, -0.2) is 44.4 Å². The highest BCUT2D eigenvalue weighted by Crippen LogP contribution is 2.23. The van der Waals surface area contributed by atoms with Gasteiger partial charge in [0, 0.05) is 0 Å². The first-order valence-electron chi connectivity index (χ1n) is 5.33. The first-order chi connectivity index (χ1) is 9.47. The number of aromatic nitrogens is 4. The molecule has 2 aromatic rings. The number of methoxy groups -OCH3 is 1. The minimum absolute atomic E-state index is 0.0151. The van der Waals surface area contributed by atoms with Gasteiger partial charge in [0.25, 0.3) is 5.65 Å². The first kappa shape index (κ1) is 14.1. The van der Waals surface area contributed by atoms with Crippen molar-refractivity contribution in [1.82, 2.24) is 14.5 Å². The number of carboxylic acids is 1. The molecule has 0 amide bonds. The summed E-state index contributed by atoms with van der Waals surface area (Å²) in [6.07, 6.45) is 1.20. The molecule has 1 N–H and O–H groups in total. The number of ether oxygens (including phenoxy) is 1. The molecular formula is C10H10N4O5S. The molecule has 106 valence electrons. The Kier molecular flexibility index (Phi) is 3.74. The van der Waals surface area contributed by atoms with Crippen molar-refractivity contribution in [1.29, 1.82) is 0 Å². The highest BCUT2D eigenvalue weighted by molar-refractivity contribution is 8.00. The lowest BCUT2D eigenvalue weighted by atomic mass is 10.5. The Morgan fingerprint density at radius 3 is 2.85 bits per heavy atom. The van der Waals surface area contributed by atoms with Crippen LogP contribution in [0.5, 0.6) is 0 Å². The molecule has 2 rings (SSSR count). The molecule has 9 nitrogen and oxygen atoms in total. The SMILES string of the molecule is COC(=O)CSc1ncnc2c1[n+]([O-])c(C(=O)O)n2C. The van der Waals surface area contributed by atoms with E-state index in [-0.39, 0.29) is 26.7 Å². The molecule has 0 saturated carbocycles. The number of carbonyl (C=O) groups is 2. The maximum absolute atomic E-state index is 12.0. The zero-order valence-electron chi connectivity index (χ0n) is 10.6. The molecule has 20 heavy (non-hydrogen) atoms. The number of imidazole rings is 1. The van der Waals surface area contributed by atoms with Crippen molar-refractivity contribution in [2.75, 3.05) is 12.9 Å². The molecule has 0 aromatic carbocycles. The second kappa shape index (κ2) is 5.33. The molecule has 0 aliphatic heterocycles. The molecule has 0 spiro atoms. The number of fused-ring (bicyclic) bond motifs is 1. The molecule has 0 saturated heterocycles. The third-order valence-corrected chi connectivity index (χ3v) is 3.50. The van der Waals surface area contributed by atoms with Crippen LogP contribution >= 0.6 is 11.8 Å². The van der Waals surface area contributed by atoms with E-state index < -0.39 is 17.8 Å². The number of hydrogen-bond donors (Lipinski definition) is 1. The van der Waals surface area contributed by atoms with Crippen LogP contribution in [0.2, 0.25) is 0 Å². The number of carbonyl (C=O) groups excluding carboxylic acids is 1. The molecule has 0 aliphatic rings. The quantitative estimate of drug-likeness (QED) is 0.265. The van der Waals surface area contributed by atoms with Crippen molar-refractivity contribution >= 4 is 34.9 Å². The van der Waals surface area contributed by atoms with Crippen LogP contribution in [0.25, 0.3) is 11.2 Å².